The molecule has 2 rings (SSSR count). The summed E-state index contributed by atoms with van der Waals surface area (Å²) in [5.74, 6) is 1.01. The van der Waals surface area contributed by atoms with E-state index >= 15 is 0 Å². The monoisotopic (exact) mass is 276 g/mol. The van der Waals surface area contributed by atoms with E-state index in [4.69, 9.17) is 15.2 Å². The first-order valence-electron chi connectivity index (χ1n) is 5.55. The highest BCUT2D eigenvalue weighted by Crippen LogP contribution is 2.28. The second kappa shape index (κ2) is 5.39. The van der Waals surface area contributed by atoms with Crippen molar-refractivity contribution in [1.29, 1.82) is 0 Å². The van der Waals surface area contributed by atoms with Crippen molar-refractivity contribution in [3.63, 3.8) is 0 Å². The fourth-order valence-electron chi connectivity index (χ4n) is 1.65. The Morgan fingerprint density at radius 1 is 1.20 bits per heavy atom. The van der Waals surface area contributed by atoms with Crippen molar-refractivity contribution in [3.05, 3.63) is 33.5 Å². The van der Waals surface area contributed by atoms with Crippen LogP contribution in [0.3, 0.4) is 0 Å². The second-order valence-corrected chi connectivity index (χ2v) is 3.84. The zero-order valence-corrected chi connectivity index (χ0v) is 10.8. The number of hydrogen-bond acceptors (Lipinski definition) is 7. The van der Waals surface area contributed by atoms with Gasteiger partial charge < -0.3 is 20.2 Å². The molecule has 1 aromatic carbocycles. The van der Waals surface area contributed by atoms with Crippen LogP contribution in [0, 0.1) is 4.91 Å². The molecular formula is C12H12N4O4. The maximum atomic E-state index is 11.6. The SMILES string of the molecule is COc1cc(OC)cc(-c2nc(N)c(N=O)c(=O)[nH]2)c1. The molecule has 104 valence electrons. The molecular weight excluding hydrogens is 264 g/mol. The summed E-state index contributed by atoms with van der Waals surface area (Å²) in [7, 11) is 3.00. The van der Waals surface area contributed by atoms with E-state index in [2.05, 4.69) is 15.1 Å². The zero-order valence-electron chi connectivity index (χ0n) is 10.8. The van der Waals surface area contributed by atoms with E-state index in [1.807, 2.05) is 0 Å². The molecule has 0 amide bonds. The number of ether oxygens (including phenoxy) is 2. The Morgan fingerprint density at radius 2 is 1.80 bits per heavy atom. The lowest BCUT2D eigenvalue weighted by molar-refractivity contribution is 0.394. The van der Waals surface area contributed by atoms with Crippen molar-refractivity contribution in [2.24, 2.45) is 5.18 Å². The molecule has 0 aliphatic carbocycles. The van der Waals surface area contributed by atoms with Gasteiger partial charge in [-0.15, -0.1) is 4.91 Å². The summed E-state index contributed by atoms with van der Waals surface area (Å²) >= 11 is 0. The van der Waals surface area contributed by atoms with Gasteiger partial charge >= 0.3 is 0 Å². The van der Waals surface area contributed by atoms with Gasteiger partial charge in [-0.3, -0.25) is 4.79 Å². The number of H-pyrrole nitrogens is 1. The van der Waals surface area contributed by atoms with E-state index in [0.717, 1.165) is 0 Å². The Labute approximate surface area is 113 Å². The topological polar surface area (TPSA) is 120 Å². The Hall–Kier alpha value is -2.90. The molecule has 0 saturated carbocycles. The molecule has 0 fully saturated rings. The van der Waals surface area contributed by atoms with Crippen molar-refractivity contribution in [3.8, 4) is 22.9 Å². The Morgan fingerprint density at radius 3 is 2.25 bits per heavy atom. The zero-order chi connectivity index (χ0) is 14.7. The summed E-state index contributed by atoms with van der Waals surface area (Å²) in [6.45, 7) is 0. The van der Waals surface area contributed by atoms with Gasteiger partial charge in [0, 0.05) is 11.6 Å². The number of aromatic amines is 1. The first-order chi connectivity index (χ1) is 9.58. The number of aromatic nitrogens is 2. The minimum absolute atomic E-state index is 0.192. The number of benzene rings is 1. The van der Waals surface area contributed by atoms with Crippen LogP contribution in [0.25, 0.3) is 11.4 Å². The van der Waals surface area contributed by atoms with Crippen LogP contribution in [-0.4, -0.2) is 24.2 Å². The van der Waals surface area contributed by atoms with Crippen LogP contribution >= 0.6 is 0 Å². The molecule has 1 aromatic heterocycles. The summed E-state index contributed by atoms with van der Waals surface area (Å²) < 4.78 is 10.2. The first-order valence-corrected chi connectivity index (χ1v) is 5.55. The smallest absolute Gasteiger partial charge is 0.282 e. The van der Waals surface area contributed by atoms with Gasteiger partial charge in [-0.1, -0.05) is 0 Å². The van der Waals surface area contributed by atoms with Gasteiger partial charge in [0.1, 0.15) is 17.3 Å². The maximum Gasteiger partial charge on any atom is 0.282 e. The van der Waals surface area contributed by atoms with Gasteiger partial charge in [-0.25, -0.2) is 4.98 Å². The molecule has 0 unspecified atom stereocenters. The number of hydrogen-bond donors (Lipinski definition) is 2. The molecule has 0 saturated heterocycles. The number of rotatable bonds is 4. The normalized spacial score (nSPS) is 10.1. The number of nitrogen functional groups attached to an aromatic ring is 1. The Balaban J connectivity index is 2.62. The lowest BCUT2D eigenvalue weighted by atomic mass is 10.2. The van der Waals surface area contributed by atoms with E-state index in [-0.39, 0.29) is 11.6 Å². The third-order valence-electron chi connectivity index (χ3n) is 2.64. The summed E-state index contributed by atoms with van der Waals surface area (Å²) in [6.07, 6.45) is 0. The van der Waals surface area contributed by atoms with Gasteiger partial charge in [-0.2, -0.15) is 0 Å². The van der Waals surface area contributed by atoms with Crippen molar-refractivity contribution in [1.82, 2.24) is 9.97 Å². The molecule has 0 bridgehead atoms. The second-order valence-electron chi connectivity index (χ2n) is 3.84. The van der Waals surface area contributed by atoms with Crippen LogP contribution in [-0.2, 0) is 0 Å². The minimum atomic E-state index is -0.704. The van der Waals surface area contributed by atoms with Gasteiger partial charge in [0.05, 0.1) is 14.2 Å². The summed E-state index contributed by atoms with van der Waals surface area (Å²) in [4.78, 5) is 28.5. The predicted molar refractivity (Wildman–Crippen MR) is 73.3 cm³/mol. The molecule has 8 nitrogen and oxygen atoms in total. The van der Waals surface area contributed by atoms with Crippen molar-refractivity contribution in [2.45, 2.75) is 0 Å². The summed E-state index contributed by atoms with van der Waals surface area (Å²) in [6, 6.07) is 4.97. The van der Waals surface area contributed by atoms with Crippen molar-refractivity contribution in [2.75, 3.05) is 20.0 Å². The van der Waals surface area contributed by atoms with Gasteiger partial charge in [-0.05, 0) is 17.3 Å². The average Bonchev–Trinajstić information content (AvgIpc) is 2.46. The summed E-state index contributed by atoms with van der Waals surface area (Å²) in [5.41, 5.74) is 4.91. The van der Waals surface area contributed by atoms with Crippen LogP contribution in [0.2, 0.25) is 0 Å². The molecule has 0 radical (unpaired) electrons. The Bertz CT molecular complexity index is 689. The van der Waals surface area contributed by atoms with E-state index in [0.29, 0.717) is 17.1 Å². The number of methoxy groups -OCH3 is 2. The highest BCUT2D eigenvalue weighted by Gasteiger charge is 2.12. The number of nitrogens with zero attached hydrogens (tertiary/aromatic N) is 2. The fraction of sp³-hybridized carbons (Fsp3) is 0.167. The van der Waals surface area contributed by atoms with Crippen LogP contribution in [0.5, 0.6) is 11.5 Å². The number of anilines is 1. The Kier molecular flexibility index (Phi) is 3.65. The molecule has 0 spiro atoms. The standard InChI is InChI=1S/C12H12N4O4/c1-19-7-3-6(4-8(5-7)20-2)11-14-10(13)9(16-18)12(17)15-11/h3-5H,1-2H3,(H3,13,14,15,17). The highest BCUT2D eigenvalue weighted by molar-refractivity contribution is 5.65. The van der Waals surface area contributed by atoms with Crippen LogP contribution < -0.4 is 20.8 Å². The number of nitrogens with one attached hydrogen (secondary N) is 1. The predicted octanol–water partition coefficient (Wildman–Crippen LogP) is 1.43. The van der Waals surface area contributed by atoms with Crippen LogP contribution in [0.15, 0.2) is 28.2 Å². The molecule has 0 aliphatic heterocycles. The van der Waals surface area contributed by atoms with E-state index in [9.17, 15) is 9.70 Å². The lowest BCUT2D eigenvalue weighted by Gasteiger charge is -2.08. The maximum absolute atomic E-state index is 11.6. The fourth-order valence-corrected chi connectivity index (χ4v) is 1.65. The van der Waals surface area contributed by atoms with Crippen molar-refractivity contribution < 1.29 is 9.47 Å². The first kappa shape index (κ1) is 13.5. The van der Waals surface area contributed by atoms with Gasteiger partial charge in [0.2, 0.25) is 5.69 Å². The number of nitrogens with two attached hydrogens (primary N) is 1. The number of nitroso groups, excluding NO2 is 1. The van der Waals surface area contributed by atoms with Gasteiger partial charge in [0.15, 0.2) is 5.82 Å². The van der Waals surface area contributed by atoms with Gasteiger partial charge in [0.25, 0.3) is 5.56 Å². The summed E-state index contributed by atoms with van der Waals surface area (Å²) in [5, 5.41) is 2.54. The average molecular weight is 276 g/mol. The van der Waals surface area contributed by atoms with E-state index in [1.165, 1.54) is 14.2 Å². The van der Waals surface area contributed by atoms with E-state index in [1.54, 1.807) is 18.2 Å². The highest BCUT2D eigenvalue weighted by atomic mass is 16.5. The molecule has 1 heterocycles. The lowest BCUT2D eigenvalue weighted by Crippen LogP contribution is -2.11. The van der Waals surface area contributed by atoms with Crippen molar-refractivity contribution >= 4 is 11.5 Å². The third-order valence-corrected chi connectivity index (χ3v) is 2.64. The largest absolute Gasteiger partial charge is 0.497 e. The third kappa shape index (κ3) is 2.44. The molecule has 0 aliphatic rings. The molecule has 2 aromatic rings. The molecule has 0 atom stereocenters. The molecule has 8 heteroatoms. The quantitative estimate of drug-likeness (QED) is 0.815. The van der Waals surface area contributed by atoms with Crippen LogP contribution in [0.4, 0.5) is 11.5 Å². The molecule has 20 heavy (non-hydrogen) atoms. The van der Waals surface area contributed by atoms with Crippen LogP contribution in [0.1, 0.15) is 0 Å². The molecule has 3 N–H and O–H groups in total. The van der Waals surface area contributed by atoms with E-state index < -0.39 is 11.2 Å². The minimum Gasteiger partial charge on any atom is -0.497 e.